The Bertz CT molecular complexity index is 1140. The Morgan fingerprint density at radius 3 is 2.68 bits per heavy atom. The average Bonchev–Trinajstić information content (AvgIpc) is 3.59. The summed E-state index contributed by atoms with van der Waals surface area (Å²) in [6.45, 7) is 6.14. The van der Waals surface area contributed by atoms with Crippen LogP contribution < -0.4 is 14.8 Å². The maximum absolute atomic E-state index is 13.1. The molecule has 3 heterocycles. The molecule has 0 unspecified atom stereocenters. The molecule has 1 aliphatic carbocycles. The number of rotatable bonds is 8. The lowest BCUT2D eigenvalue weighted by Gasteiger charge is -2.32. The summed E-state index contributed by atoms with van der Waals surface area (Å²) >= 11 is 1.41. The van der Waals surface area contributed by atoms with Crippen LogP contribution in [0.15, 0.2) is 46.2 Å². The van der Waals surface area contributed by atoms with Gasteiger partial charge in [-0.25, -0.2) is 0 Å². The minimum atomic E-state index is -0.377. The topological polar surface area (TPSA) is 91.4 Å². The summed E-state index contributed by atoms with van der Waals surface area (Å²) in [4.78, 5) is 13.1. The van der Waals surface area contributed by atoms with Crippen molar-refractivity contribution in [1.29, 1.82) is 0 Å². The molecule has 2 aliphatic rings. The molecule has 180 valence electrons. The predicted octanol–water partition coefficient (Wildman–Crippen LogP) is 4.64. The van der Waals surface area contributed by atoms with Crippen LogP contribution in [0.3, 0.4) is 0 Å². The summed E-state index contributed by atoms with van der Waals surface area (Å²) in [5, 5.41) is 12.8. The van der Waals surface area contributed by atoms with E-state index in [0.29, 0.717) is 30.7 Å². The van der Waals surface area contributed by atoms with Gasteiger partial charge in [0.1, 0.15) is 13.2 Å². The first-order valence-corrected chi connectivity index (χ1v) is 12.8. The molecule has 0 spiro atoms. The van der Waals surface area contributed by atoms with Gasteiger partial charge in [0.2, 0.25) is 5.91 Å². The highest BCUT2D eigenvalue weighted by Gasteiger charge is 2.38. The van der Waals surface area contributed by atoms with Gasteiger partial charge in [0.15, 0.2) is 28.2 Å². The van der Waals surface area contributed by atoms with Crippen LogP contribution in [-0.4, -0.2) is 39.6 Å². The number of fused-ring (bicyclic) bond motifs is 1. The Balaban J connectivity index is 1.31. The number of hydrogen-bond acceptors (Lipinski definition) is 7. The maximum Gasteiger partial charge on any atom is 0.231 e. The lowest BCUT2D eigenvalue weighted by molar-refractivity contribution is -0.120. The van der Waals surface area contributed by atoms with Crippen LogP contribution in [0.2, 0.25) is 0 Å². The number of aromatic nitrogens is 3. The molecular formula is C25H30N4O4S. The molecule has 0 radical (unpaired) electrons. The number of ether oxygens (including phenoxy) is 2. The molecule has 1 aromatic carbocycles. The molecule has 2 aromatic heterocycles. The van der Waals surface area contributed by atoms with E-state index >= 15 is 0 Å². The van der Waals surface area contributed by atoms with Crippen LogP contribution in [0.25, 0.3) is 11.6 Å². The third-order valence-electron chi connectivity index (χ3n) is 6.27. The fourth-order valence-electron chi connectivity index (χ4n) is 4.75. The Morgan fingerprint density at radius 1 is 1.15 bits per heavy atom. The number of thioether (sulfide) groups is 1. The molecule has 9 heteroatoms. The van der Waals surface area contributed by atoms with Crippen molar-refractivity contribution in [2.75, 3.05) is 19.0 Å². The van der Waals surface area contributed by atoms with Crippen LogP contribution in [0.4, 0.5) is 0 Å². The molecule has 1 saturated carbocycles. The van der Waals surface area contributed by atoms with E-state index in [-0.39, 0.29) is 17.2 Å². The van der Waals surface area contributed by atoms with Gasteiger partial charge < -0.3 is 19.2 Å². The summed E-state index contributed by atoms with van der Waals surface area (Å²) in [6.07, 6.45) is 5.61. The Morgan fingerprint density at radius 2 is 1.94 bits per heavy atom. The average molecular weight is 483 g/mol. The van der Waals surface area contributed by atoms with E-state index in [1.807, 2.05) is 28.8 Å². The van der Waals surface area contributed by atoms with Gasteiger partial charge in [0.05, 0.1) is 17.6 Å². The zero-order valence-electron chi connectivity index (χ0n) is 19.6. The maximum atomic E-state index is 13.1. The minimum absolute atomic E-state index is 0.0135. The molecule has 34 heavy (non-hydrogen) atoms. The van der Waals surface area contributed by atoms with Gasteiger partial charge in [-0.2, -0.15) is 0 Å². The van der Waals surface area contributed by atoms with Crippen molar-refractivity contribution in [1.82, 2.24) is 20.1 Å². The zero-order chi connectivity index (χ0) is 23.5. The molecule has 8 nitrogen and oxygen atoms in total. The van der Waals surface area contributed by atoms with Gasteiger partial charge in [-0.3, -0.25) is 9.36 Å². The first-order valence-electron chi connectivity index (χ1n) is 11.8. The molecular weight excluding hydrogens is 452 g/mol. The molecule has 1 amide bonds. The predicted molar refractivity (Wildman–Crippen MR) is 129 cm³/mol. The van der Waals surface area contributed by atoms with Crippen molar-refractivity contribution in [3.05, 3.63) is 42.2 Å². The number of carbonyl (C=O) groups is 1. The first-order chi connectivity index (χ1) is 16.5. The number of hydrogen-bond donors (Lipinski definition) is 1. The molecule has 0 saturated heterocycles. The van der Waals surface area contributed by atoms with E-state index in [9.17, 15) is 4.79 Å². The Labute approximate surface area is 203 Å². The first kappa shape index (κ1) is 22.8. The summed E-state index contributed by atoms with van der Waals surface area (Å²) in [6, 6.07) is 9.75. The fourth-order valence-corrected chi connectivity index (χ4v) is 5.50. The Kier molecular flexibility index (Phi) is 6.54. The largest absolute Gasteiger partial charge is 0.486 e. The molecule has 1 aliphatic heterocycles. The second-order valence-electron chi connectivity index (χ2n) is 9.27. The number of furan rings is 1. The zero-order valence-corrected chi connectivity index (χ0v) is 20.4. The molecule has 1 fully saturated rings. The van der Waals surface area contributed by atoms with Crippen LogP contribution >= 0.6 is 11.8 Å². The highest BCUT2D eigenvalue weighted by Crippen LogP contribution is 2.42. The molecule has 1 N–H and O–H groups in total. The van der Waals surface area contributed by atoms with Gasteiger partial charge in [0, 0.05) is 6.54 Å². The number of benzene rings is 1. The van der Waals surface area contributed by atoms with Crippen molar-refractivity contribution in [2.45, 2.75) is 56.8 Å². The number of nitrogens with zero attached hydrogens (tertiary/aromatic N) is 3. The summed E-state index contributed by atoms with van der Waals surface area (Å²) in [5.41, 5.74) is 0.703. The second kappa shape index (κ2) is 9.74. The lowest BCUT2D eigenvalue weighted by atomic mass is 9.87. The van der Waals surface area contributed by atoms with Crippen LogP contribution in [0.1, 0.15) is 45.1 Å². The third-order valence-corrected chi connectivity index (χ3v) is 7.24. The van der Waals surface area contributed by atoms with Crippen molar-refractivity contribution in [2.24, 2.45) is 5.92 Å². The molecule has 5 rings (SSSR count). The number of amides is 1. The van der Waals surface area contributed by atoms with E-state index in [2.05, 4.69) is 35.4 Å². The second-order valence-corrected chi connectivity index (χ2v) is 10.2. The fraction of sp³-hybridized carbons (Fsp3) is 0.480. The monoisotopic (exact) mass is 482 g/mol. The quantitative estimate of drug-likeness (QED) is 0.468. The normalized spacial score (nSPS) is 16.7. The SMILES string of the molecule is CC(C)Cn1c(SCC(=O)NC2(c3ccc4c(c3)OCCO4)CCCC2)nnc1-c1ccco1. The van der Waals surface area contributed by atoms with Crippen molar-refractivity contribution in [3.8, 4) is 23.1 Å². The van der Waals surface area contributed by atoms with Gasteiger partial charge in [-0.05, 0) is 48.6 Å². The summed E-state index contributed by atoms with van der Waals surface area (Å²) in [5.74, 6) is 3.53. The lowest BCUT2D eigenvalue weighted by Crippen LogP contribution is -2.44. The molecule has 0 bridgehead atoms. The van der Waals surface area contributed by atoms with E-state index in [1.54, 1.807) is 6.26 Å². The summed E-state index contributed by atoms with van der Waals surface area (Å²) < 4.78 is 19.0. The van der Waals surface area contributed by atoms with Crippen molar-refractivity contribution in [3.63, 3.8) is 0 Å². The molecule has 3 aromatic rings. The molecule has 0 atom stereocenters. The van der Waals surface area contributed by atoms with Crippen LogP contribution in [-0.2, 0) is 16.9 Å². The van der Waals surface area contributed by atoms with Gasteiger partial charge in [0.25, 0.3) is 0 Å². The van der Waals surface area contributed by atoms with E-state index in [4.69, 9.17) is 13.9 Å². The van der Waals surface area contributed by atoms with Crippen molar-refractivity contribution < 1.29 is 18.7 Å². The van der Waals surface area contributed by atoms with Gasteiger partial charge >= 0.3 is 0 Å². The smallest absolute Gasteiger partial charge is 0.231 e. The Hall–Kier alpha value is -2.94. The minimum Gasteiger partial charge on any atom is -0.486 e. The van der Waals surface area contributed by atoms with Crippen molar-refractivity contribution >= 4 is 17.7 Å². The van der Waals surface area contributed by atoms with Gasteiger partial charge in [-0.1, -0.05) is 44.5 Å². The highest BCUT2D eigenvalue weighted by molar-refractivity contribution is 7.99. The number of nitrogens with one attached hydrogen (secondary N) is 1. The van der Waals surface area contributed by atoms with Crippen LogP contribution in [0, 0.1) is 5.92 Å². The van der Waals surface area contributed by atoms with E-state index in [1.165, 1.54) is 11.8 Å². The van der Waals surface area contributed by atoms with Gasteiger partial charge in [-0.15, -0.1) is 10.2 Å². The number of carbonyl (C=O) groups excluding carboxylic acids is 1. The summed E-state index contributed by atoms with van der Waals surface area (Å²) in [7, 11) is 0. The highest BCUT2D eigenvalue weighted by atomic mass is 32.2. The van der Waals surface area contributed by atoms with E-state index < -0.39 is 0 Å². The third kappa shape index (κ3) is 4.66. The standard InChI is InChI=1S/C25H30N4O4S/c1-17(2)15-29-23(20-6-5-11-31-20)27-28-24(29)34-16-22(30)26-25(9-3-4-10-25)18-7-8-19-21(14-18)33-13-12-32-19/h5-8,11,14,17H,3-4,9-10,12-13,15-16H2,1-2H3,(H,26,30). The van der Waals surface area contributed by atoms with Crippen LogP contribution in [0.5, 0.6) is 11.5 Å². The van der Waals surface area contributed by atoms with E-state index in [0.717, 1.165) is 54.4 Å².